The highest BCUT2D eigenvalue weighted by molar-refractivity contribution is 14.1. The van der Waals surface area contributed by atoms with Gasteiger partial charge in [-0.1, -0.05) is 0 Å². The third-order valence-corrected chi connectivity index (χ3v) is 6.10. The second-order valence-corrected chi connectivity index (χ2v) is 8.05. The fourth-order valence-electron chi connectivity index (χ4n) is 3.42. The Balaban J connectivity index is 1.83. The van der Waals surface area contributed by atoms with E-state index in [1.807, 2.05) is 11.1 Å². The van der Waals surface area contributed by atoms with Crippen LogP contribution in [0.15, 0.2) is 12.4 Å². The van der Waals surface area contributed by atoms with Gasteiger partial charge in [-0.3, -0.25) is 4.79 Å². The fourth-order valence-corrected chi connectivity index (χ4v) is 5.08. The summed E-state index contributed by atoms with van der Waals surface area (Å²) in [4.78, 5) is 16.3. The quantitative estimate of drug-likeness (QED) is 0.712. The number of nitrogens with zero attached hydrogens (tertiary/aromatic N) is 3. The highest BCUT2D eigenvalue weighted by Gasteiger charge is 2.37. The van der Waals surface area contributed by atoms with E-state index >= 15 is 0 Å². The summed E-state index contributed by atoms with van der Waals surface area (Å²) in [5.74, 6) is -0.105. The monoisotopic (exact) mass is 462 g/mol. The van der Waals surface area contributed by atoms with Crippen molar-refractivity contribution in [1.82, 2.24) is 13.3 Å². The number of carbonyl (C=O) groups excluding carboxylic acids is 1. The number of ether oxygens (including phenoxy) is 1. The molecule has 0 bridgehead atoms. The summed E-state index contributed by atoms with van der Waals surface area (Å²) in [6.45, 7) is 1.29. The molecule has 4 heterocycles. The maximum atomic E-state index is 14.4. The van der Waals surface area contributed by atoms with Crippen LogP contribution in [0.3, 0.4) is 0 Å². The Morgan fingerprint density at radius 2 is 2.33 bits per heavy atom. The molecule has 1 amide bonds. The van der Waals surface area contributed by atoms with E-state index in [4.69, 9.17) is 4.74 Å². The van der Waals surface area contributed by atoms with Crippen molar-refractivity contribution in [3.63, 3.8) is 0 Å². The van der Waals surface area contributed by atoms with Crippen molar-refractivity contribution >= 4 is 45.8 Å². The number of halogens is 2. The smallest absolute Gasteiger partial charge is 0.263 e. The topological polar surface area (TPSA) is 59.4 Å². The Labute approximate surface area is 156 Å². The lowest BCUT2D eigenvalue weighted by atomic mass is 9.99. The molecule has 2 aromatic rings. The van der Waals surface area contributed by atoms with Gasteiger partial charge in [-0.25, -0.2) is 7.29 Å². The van der Waals surface area contributed by atoms with E-state index < -0.39 is 6.17 Å². The van der Waals surface area contributed by atoms with Gasteiger partial charge >= 0.3 is 0 Å². The predicted octanol–water partition coefficient (Wildman–Crippen LogP) is 2.27. The normalized spacial score (nSPS) is 23.0. The Hall–Kier alpha value is -1.20. The number of thiophene rings is 1. The molecule has 0 unspecified atom stereocenters. The Morgan fingerprint density at radius 3 is 3.04 bits per heavy atom. The van der Waals surface area contributed by atoms with Crippen LogP contribution in [0.5, 0.6) is 0 Å². The molecule has 2 aliphatic rings. The number of nitrogens with one attached hydrogen (secondary N) is 1. The molecule has 0 aliphatic carbocycles. The van der Waals surface area contributed by atoms with Crippen LogP contribution in [-0.2, 0) is 11.2 Å². The molecule has 0 saturated heterocycles. The van der Waals surface area contributed by atoms with Crippen molar-refractivity contribution in [1.29, 1.82) is 0 Å². The van der Waals surface area contributed by atoms with E-state index in [1.165, 1.54) is 11.3 Å². The summed E-state index contributed by atoms with van der Waals surface area (Å²) in [7, 11) is 1.60. The molecular weight excluding hydrogens is 446 g/mol. The maximum Gasteiger partial charge on any atom is 0.263 e. The molecule has 2 atom stereocenters. The Bertz CT molecular complexity index is 793. The number of anilines is 1. The van der Waals surface area contributed by atoms with E-state index in [9.17, 15) is 9.18 Å². The maximum absolute atomic E-state index is 14.4. The lowest BCUT2D eigenvalue weighted by Crippen LogP contribution is -2.46. The highest BCUT2D eigenvalue weighted by atomic mass is 127. The van der Waals surface area contributed by atoms with Crippen LogP contribution in [0.2, 0.25) is 0 Å². The fraction of sp³-hybridized carbons (Fsp3) is 0.467. The largest absolute Gasteiger partial charge is 0.382 e. The van der Waals surface area contributed by atoms with Crippen LogP contribution >= 0.6 is 34.2 Å². The summed E-state index contributed by atoms with van der Waals surface area (Å²) >= 11 is 3.50. The molecule has 0 radical (unpaired) electrons. The zero-order valence-corrected chi connectivity index (χ0v) is 15.9. The summed E-state index contributed by atoms with van der Waals surface area (Å²) < 4.78 is 21.2. The molecule has 4 rings (SSSR count). The number of carbonyl (C=O) groups is 1. The molecule has 0 aromatic carbocycles. The molecular formula is C15H16FIN4O2S. The second kappa shape index (κ2) is 6.26. The van der Waals surface area contributed by atoms with Crippen LogP contribution in [0, 0.1) is 0 Å². The molecule has 128 valence electrons. The first-order chi connectivity index (χ1) is 11.6. The summed E-state index contributed by atoms with van der Waals surface area (Å²) in [5, 5.41) is 7.19. The van der Waals surface area contributed by atoms with Gasteiger partial charge in [-0.15, -0.1) is 11.3 Å². The van der Waals surface area contributed by atoms with Crippen LogP contribution in [-0.4, -0.2) is 52.9 Å². The van der Waals surface area contributed by atoms with Gasteiger partial charge in [0.2, 0.25) is 0 Å². The molecule has 6 nitrogen and oxygen atoms in total. The van der Waals surface area contributed by atoms with E-state index in [2.05, 4.69) is 33.3 Å². The molecule has 0 fully saturated rings. The summed E-state index contributed by atoms with van der Waals surface area (Å²) in [5.41, 5.74) is 2.74. The lowest BCUT2D eigenvalue weighted by Gasteiger charge is -2.32. The summed E-state index contributed by atoms with van der Waals surface area (Å²) in [6, 6.07) is -0.138. The minimum absolute atomic E-state index is 0.105. The molecule has 24 heavy (non-hydrogen) atoms. The van der Waals surface area contributed by atoms with E-state index in [-0.39, 0.29) is 11.9 Å². The van der Waals surface area contributed by atoms with Crippen molar-refractivity contribution < 1.29 is 13.9 Å². The zero-order valence-electron chi connectivity index (χ0n) is 13.0. The van der Waals surface area contributed by atoms with Gasteiger partial charge < -0.3 is 15.0 Å². The first kappa shape index (κ1) is 16.3. The van der Waals surface area contributed by atoms with Crippen LogP contribution < -0.4 is 10.2 Å². The van der Waals surface area contributed by atoms with Crippen molar-refractivity contribution in [3.8, 4) is 10.4 Å². The lowest BCUT2D eigenvalue weighted by molar-refractivity contribution is 0.0910. The number of hydrogen-bond acceptors (Lipinski definition) is 5. The molecule has 1 N–H and O–H groups in total. The number of methoxy groups -OCH3 is 1. The van der Waals surface area contributed by atoms with Crippen molar-refractivity contribution in [2.45, 2.75) is 18.6 Å². The summed E-state index contributed by atoms with van der Waals surface area (Å²) in [6.07, 6.45) is 3.04. The molecule has 2 aromatic heterocycles. The van der Waals surface area contributed by atoms with Crippen molar-refractivity contribution in [2.75, 3.05) is 31.7 Å². The zero-order chi connectivity index (χ0) is 16.8. The van der Waals surface area contributed by atoms with Gasteiger partial charge in [-0.05, 0) is 5.56 Å². The standard InChI is InChI=1S/C15H16FIN4O2S/c1-23-7-10-6-20-5-9(16)2-11-12(20)14(15(22)19-10)24-13(11)8-3-18-21(17)4-8/h3-4,9-10H,2,5-7H2,1H3,(H,19,22)/t9-,10+/m0/s1. The van der Waals surface area contributed by atoms with Gasteiger partial charge in [0.1, 0.15) is 11.0 Å². The first-order valence-electron chi connectivity index (χ1n) is 7.62. The number of hydrogen-bond donors (Lipinski definition) is 1. The number of aromatic nitrogens is 2. The minimum Gasteiger partial charge on any atom is -0.382 e. The van der Waals surface area contributed by atoms with Crippen LogP contribution in [0.4, 0.5) is 10.1 Å². The van der Waals surface area contributed by atoms with Gasteiger partial charge in [-0.2, -0.15) is 5.10 Å². The van der Waals surface area contributed by atoms with E-state index in [0.29, 0.717) is 31.0 Å². The molecule has 9 heteroatoms. The van der Waals surface area contributed by atoms with E-state index in [0.717, 1.165) is 21.7 Å². The van der Waals surface area contributed by atoms with E-state index in [1.54, 1.807) is 16.2 Å². The minimum atomic E-state index is -0.940. The molecule has 2 aliphatic heterocycles. The SMILES string of the molecule is COC[C@H]1CN2C[C@@H](F)Cc3c(-c4cnn(I)c4)sc(c32)C(=O)N1. The second-order valence-electron chi connectivity index (χ2n) is 6.04. The van der Waals surface area contributed by atoms with Gasteiger partial charge in [0.15, 0.2) is 0 Å². The predicted molar refractivity (Wildman–Crippen MR) is 98.9 cm³/mol. The van der Waals surface area contributed by atoms with Gasteiger partial charge in [0.25, 0.3) is 5.91 Å². The number of alkyl halides is 1. The van der Waals surface area contributed by atoms with Crippen molar-refractivity contribution in [3.05, 3.63) is 22.8 Å². The first-order valence-corrected chi connectivity index (χ1v) is 9.40. The third-order valence-electron chi connectivity index (χ3n) is 4.30. The van der Waals surface area contributed by atoms with Gasteiger partial charge in [0, 0.05) is 43.3 Å². The van der Waals surface area contributed by atoms with Gasteiger partial charge in [0.05, 0.1) is 47.4 Å². The third kappa shape index (κ3) is 2.72. The van der Waals surface area contributed by atoms with Crippen LogP contribution in [0.1, 0.15) is 15.2 Å². The highest BCUT2D eigenvalue weighted by Crippen LogP contribution is 2.46. The average molecular weight is 462 g/mol. The number of rotatable bonds is 3. The molecule has 0 spiro atoms. The number of amides is 1. The Morgan fingerprint density at radius 1 is 1.50 bits per heavy atom. The Kier molecular flexibility index (Phi) is 4.25. The van der Waals surface area contributed by atoms with Crippen molar-refractivity contribution in [2.24, 2.45) is 0 Å². The molecule has 0 saturated carbocycles. The average Bonchev–Trinajstić information content (AvgIpc) is 3.07. The van der Waals surface area contributed by atoms with Crippen LogP contribution in [0.25, 0.3) is 10.4 Å².